The smallest absolute Gasteiger partial charge is 0.200 e. The summed E-state index contributed by atoms with van der Waals surface area (Å²) in [7, 11) is 1.93. The number of anilines is 1. The first-order valence-electron chi connectivity index (χ1n) is 5.17. The lowest BCUT2D eigenvalue weighted by Gasteiger charge is -2.03. The summed E-state index contributed by atoms with van der Waals surface area (Å²) in [6.07, 6.45) is 3.73. The van der Waals surface area contributed by atoms with Crippen LogP contribution in [0.25, 0.3) is 0 Å². The second-order valence-corrected chi connectivity index (χ2v) is 4.23. The van der Waals surface area contributed by atoms with Crippen molar-refractivity contribution >= 4 is 17.5 Å². The largest absolute Gasteiger partial charge is 0.369 e. The molecule has 3 nitrogen and oxygen atoms in total. The molecule has 0 bridgehead atoms. The van der Waals surface area contributed by atoms with Crippen LogP contribution in [0.4, 0.5) is 5.95 Å². The maximum absolute atomic E-state index is 5.83. The molecule has 0 amide bonds. The highest BCUT2D eigenvalue weighted by molar-refractivity contribution is 6.30. The molecule has 2 aromatic rings. The van der Waals surface area contributed by atoms with Gasteiger partial charge in [-0.25, -0.2) is 4.98 Å². The first kappa shape index (κ1) is 11.0. The number of hydrogen-bond acceptors (Lipinski definition) is 2. The summed E-state index contributed by atoms with van der Waals surface area (Å²) in [5.41, 5.74) is 8.08. The second-order valence-electron chi connectivity index (χ2n) is 3.79. The third-order valence-corrected chi connectivity index (χ3v) is 2.96. The van der Waals surface area contributed by atoms with Gasteiger partial charge in [0.05, 0.1) is 6.20 Å². The fraction of sp³-hybridized carbons (Fsp3) is 0.250. The summed E-state index contributed by atoms with van der Waals surface area (Å²) in [6.45, 7) is 0. The highest BCUT2D eigenvalue weighted by Crippen LogP contribution is 2.12. The molecule has 0 saturated carbocycles. The topological polar surface area (TPSA) is 43.8 Å². The van der Waals surface area contributed by atoms with Crippen LogP contribution in [0, 0.1) is 0 Å². The minimum Gasteiger partial charge on any atom is -0.369 e. The molecule has 0 fully saturated rings. The molecule has 1 heterocycles. The Kier molecular flexibility index (Phi) is 3.15. The van der Waals surface area contributed by atoms with Crippen LogP contribution in [0.1, 0.15) is 11.3 Å². The summed E-state index contributed by atoms with van der Waals surface area (Å²) >= 11 is 5.83. The van der Waals surface area contributed by atoms with E-state index in [9.17, 15) is 0 Å². The van der Waals surface area contributed by atoms with Crippen LogP contribution in [-0.4, -0.2) is 9.55 Å². The average molecular weight is 236 g/mol. The maximum atomic E-state index is 5.83. The minimum atomic E-state index is 0.561. The number of imidazole rings is 1. The SMILES string of the molecule is Cn1c(CCc2ccc(Cl)cc2)cnc1N. The van der Waals surface area contributed by atoms with E-state index in [1.54, 1.807) is 0 Å². The number of nitrogen functional groups attached to an aromatic ring is 1. The van der Waals surface area contributed by atoms with Crippen LogP contribution in [0.3, 0.4) is 0 Å². The van der Waals surface area contributed by atoms with Crippen LogP contribution in [0.5, 0.6) is 0 Å². The van der Waals surface area contributed by atoms with Crippen molar-refractivity contribution in [2.45, 2.75) is 12.8 Å². The van der Waals surface area contributed by atoms with Crippen molar-refractivity contribution in [1.29, 1.82) is 0 Å². The highest BCUT2D eigenvalue weighted by atomic mass is 35.5. The Hall–Kier alpha value is -1.48. The van der Waals surface area contributed by atoms with Gasteiger partial charge in [0.15, 0.2) is 5.95 Å². The zero-order chi connectivity index (χ0) is 11.5. The van der Waals surface area contributed by atoms with Gasteiger partial charge in [0, 0.05) is 17.8 Å². The number of nitrogens with zero attached hydrogens (tertiary/aromatic N) is 2. The van der Waals surface area contributed by atoms with Gasteiger partial charge in [-0.1, -0.05) is 23.7 Å². The Labute approximate surface area is 99.9 Å². The quantitative estimate of drug-likeness (QED) is 0.888. The lowest BCUT2D eigenvalue weighted by atomic mass is 10.1. The molecule has 1 aromatic carbocycles. The zero-order valence-electron chi connectivity index (χ0n) is 9.15. The molecule has 84 valence electrons. The zero-order valence-corrected chi connectivity index (χ0v) is 9.91. The normalized spacial score (nSPS) is 10.6. The lowest BCUT2D eigenvalue weighted by Crippen LogP contribution is -2.02. The summed E-state index contributed by atoms with van der Waals surface area (Å²) in [4.78, 5) is 4.06. The van der Waals surface area contributed by atoms with E-state index in [0.29, 0.717) is 5.95 Å². The van der Waals surface area contributed by atoms with Crippen molar-refractivity contribution in [3.63, 3.8) is 0 Å². The average Bonchev–Trinajstić information content (AvgIpc) is 2.60. The number of benzene rings is 1. The Morgan fingerprint density at radius 1 is 1.25 bits per heavy atom. The molecule has 0 aliphatic heterocycles. The van der Waals surface area contributed by atoms with E-state index in [1.165, 1.54) is 5.56 Å². The Balaban J connectivity index is 2.02. The van der Waals surface area contributed by atoms with Gasteiger partial charge in [0.1, 0.15) is 0 Å². The molecule has 2 N–H and O–H groups in total. The van der Waals surface area contributed by atoms with Crippen molar-refractivity contribution < 1.29 is 0 Å². The molecule has 4 heteroatoms. The van der Waals surface area contributed by atoms with Crippen molar-refractivity contribution in [1.82, 2.24) is 9.55 Å². The molecule has 0 atom stereocenters. The van der Waals surface area contributed by atoms with E-state index >= 15 is 0 Å². The molecule has 0 aliphatic carbocycles. The van der Waals surface area contributed by atoms with E-state index in [4.69, 9.17) is 17.3 Å². The van der Waals surface area contributed by atoms with Gasteiger partial charge < -0.3 is 10.3 Å². The van der Waals surface area contributed by atoms with Gasteiger partial charge in [0.25, 0.3) is 0 Å². The Bertz CT molecular complexity index is 474. The van der Waals surface area contributed by atoms with E-state index in [-0.39, 0.29) is 0 Å². The predicted octanol–water partition coefficient (Wildman–Crippen LogP) is 2.44. The third-order valence-electron chi connectivity index (χ3n) is 2.70. The van der Waals surface area contributed by atoms with Gasteiger partial charge in [-0.2, -0.15) is 0 Å². The molecule has 1 aromatic heterocycles. The highest BCUT2D eigenvalue weighted by Gasteiger charge is 2.03. The van der Waals surface area contributed by atoms with Crippen LogP contribution in [-0.2, 0) is 19.9 Å². The molecule has 2 rings (SSSR count). The second kappa shape index (κ2) is 4.58. The van der Waals surface area contributed by atoms with Crippen molar-refractivity contribution in [3.05, 3.63) is 46.7 Å². The number of hydrogen-bond donors (Lipinski definition) is 1. The fourth-order valence-corrected chi connectivity index (χ4v) is 1.74. The minimum absolute atomic E-state index is 0.561. The van der Waals surface area contributed by atoms with Crippen LogP contribution in [0.15, 0.2) is 30.5 Å². The fourth-order valence-electron chi connectivity index (χ4n) is 1.62. The van der Waals surface area contributed by atoms with Crippen LogP contribution < -0.4 is 5.73 Å². The molecular formula is C12H14ClN3. The van der Waals surface area contributed by atoms with Crippen molar-refractivity contribution in [3.8, 4) is 0 Å². The Morgan fingerprint density at radius 3 is 2.50 bits per heavy atom. The summed E-state index contributed by atoms with van der Waals surface area (Å²) in [5.74, 6) is 0.561. The number of rotatable bonds is 3. The standard InChI is InChI=1S/C12H14ClN3/c1-16-11(8-15-12(16)14)7-4-9-2-5-10(13)6-3-9/h2-3,5-6,8H,4,7H2,1H3,(H2,14,15). The summed E-state index contributed by atoms with van der Waals surface area (Å²) in [5, 5.41) is 0.772. The van der Waals surface area contributed by atoms with E-state index in [2.05, 4.69) is 4.98 Å². The number of aryl methyl sites for hydroxylation is 2. The van der Waals surface area contributed by atoms with Gasteiger partial charge in [-0.05, 0) is 30.5 Å². The summed E-state index contributed by atoms with van der Waals surface area (Å²) in [6, 6.07) is 7.91. The third kappa shape index (κ3) is 2.36. The van der Waals surface area contributed by atoms with Gasteiger partial charge in [-0.15, -0.1) is 0 Å². The van der Waals surface area contributed by atoms with Crippen molar-refractivity contribution in [2.24, 2.45) is 7.05 Å². The number of nitrogens with two attached hydrogens (primary N) is 1. The molecule has 16 heavy (non-hydrogen) atoms. The Morgan fingerprint density at radius 2 is 1.94 bits per heavy atom. The van der Waals surface area contributed by atoms with E-state index in [0.717, 1.165) is 23.6 Å². The predicted molar refractivity (Wildman–Crippen MR) is 66.5 cm³/mol. The van der Waals surface area contributed by atoms with Gasteiger partial charge >= 0.3 is 0 Å². The van der Waals surface area contributed by atoms with Crippen molar-refractivity contribution in [2.75, 3.05) is 5.73 Å². The number of aromatic nitrogens is 2. The summed E-state index contributed by atoms with van der Waals surface area (Å²) < 4.78 is 1.91. The monoisotopic (exact) mass is 235 g/mol. The van der Waals surface area contributed by atoms with E-state index in [1.807, 2.05) is 42.1 Å². The molecule has 0 saturated heterocycles. The van der Waals surface area contributed by atoms with Crippen LogP contribution in [0.2, 0.25) is 5.02 Å². The number of halogens is 1. The van der Waals surface area contributed by atoms with E-state index < -0.39 is 0 Å². The van der Waals surface area contributed by atoms with Crippen LogP contribution >= 0.6 is 11.6 Å². The lowest BCUT2D eigenvalue weighted by molar-refractivity contribution is 0.807. The molecule has 0 radical (unpaired) electrons. The molecule has 0 unspecified atom stereocenters. The first-order valence-corrected chi connectivity index (χ1v) is 5.55. The first-order chi connectivity index (χ1) is 7.66. The van der Waals surface area contributed by atoms with Gasteiger partial charge in [0.2, 0.25) is 0 Å². The molecular weight excluding hydrogens is 222 g/mol. The molecule has 0 aliphatic rings. The van der Waals surface area contributed by atoms with Gasteiger partial charge in [-0.3, -0.25) is 0 Å². The maximum Gasteiger partial charge on any atom is 0.200 e. The molecule has 0 spiro atoms.